The van der Waals surface area contributed by atoms with Crippen LogP contribution in [0, 0.1) is 17.0 Å². The van der Waals surface area contributed by atoms with E-state index >= 15 is 0 Å². The molecule has 0 aliphatic heterocycles. The molecular weight excluding hydrogens is 292 g/mol. The van der Waals surface area contributed by atoms with Gasteiger partial charge in [0.1, 0.15) is 0 Å². The standard InChI is InChI=1S/C9H9BrN4O3/c1-4-2-6(10)7(14(16)17)3-5(4)8(15)13-9(11)12/h2-3H,1H3,(H4,11,12,13,15). The highest BCUT2D eigenvalue weighted by Gasteiger charge is 2.18. The minimum absolute atomic E-state index is 0.0910. The largest absolute Gasteiger partial charge is 0.370 e. The van der Waals surface area contributed by atoms with Gasteiger partial charge in [0.15, 0.2) is 5.96 Å². The van der Waals surface area contributed by atoms with Crippen LogP contribution in [0.25, 0.3) is 0 Å². The molecule has 0 aliphatic rings. The smallest absolute Gasteiger partial charge is 0.284 e. The van der Waals surface area contributed by atoms with Crippen molar-refractivity contribution in [2.45, 2.75) is 6.92 Å². The first-order valence-corrected chi connectivity index (χ1v) is 5.20. The molecule has 0 heterocycles. The Bertz CT molecular complexity index is 523. The Morgan fingerprint density at radius 1 is 1.47 bits per heavy atom. The van der Waals surface area contributed by atoms with Crippen LogP contribution in [0.5, 0.6) is 0 Å². The summed E-state index contributed by atoms with van der Waals surface area (Å²) in [6.07, 6.45) is 0. The summed E-state index contributed by atoms with van der Waals surface area (Å²) in [7, 11) is 0. The second kappa shape index (κ2) is 4.91. The molecule has 8 heteroatoms. The third-order valence-corrected chi connectivity index (χ3v) is 2.59. The number of benzene rings is 1. The Hall–Kier alpha value is -1.96. The van der Waals surface area contributed by atoms with E-state index in [4.69, 9.17) is 11.5 Å². The topological polar surface area (TPSA) is 125 Å². The number of nitro benzene ring substituents is 1. The zero-order valence-corrected chi connectivity index (χ0v) is 10.4. The van der Waals surface area contributed by atoms with Gasteiger partial charge in [0.2, 0.25) is 0 Å². The van der Waals surface area contributed by atoms with Gasteiger partial charge in [0.05, 0.1) is 15.0 Å². The van der Waals surface area contributed by atoms with Crippen molar-refractivity contribution in [3.8, 4) is 0 Å². The maximum atomic E-state index is 11.6. The number of hydrogen-bond acceptors (Lipinski definition) is 3. The first-order valence-electron chi connectivity index (χ1n) is 4.41. The number of carbonyl (C=O) groups is 1. The van der Waals surface area contributed by atoms with E-state index in [1.54, 1.807) is 6.92 Å². The lowest BCUT2D eigenvalue weighted by atomic mass is 10.1. The average molecular weight is 301 g/mol. The molecule has 1 aromatic carbocycles. The van der Waals surface area contributed by atoms with Crippen LogP contribution in [0.2, 0.25) is 0 Å². The summed E-state index contributed by atoms with van der Waals surface area (Å²) in [6, 6.07) is 2.60. The highest BCUT2D eigenvalue weighted by atomic mass is 79.9. The Morgan fingerprint density at radius 2 is 2.06 bits per heavy atom. The lowest BCUT2D eigenvalue weighted by Gasteiger charge is -2.03. The van der Waals surface area contributed by atoms with Gasteiger partial charge in [-0.25, -0.2) is 0 Å². The number of nitro groups is 1. The number of nitrogens with zero attached hydrogens (tertiary/aromatic N) is 2. The molecule has 17 heavy (non-hydrogen) atoms. The summed E-state index contributed by atoms with van der Waals surface area (Å²) in [5, 5.41) is 10.7. The molecule has 7 nitrogen and oxygen atoms in total. The molecule has 0 radical (unpaired) electrons. The van der Waals surface area contributed by atoms with E-state index < -0.39 is 10.8 Å². The van der Waals surface area contributed by atoms with Crippen molar-refractivity contribution in [2.24, 2.45) is 16.5 Å². The van der Waals surface area contributed by atoms with Crippen molar-refractivity contribution in [3.05, 3.63) is 37.8 Å². The fourth-order valence-electron chi connectivity index (χ4n) is 1.21. The number of carbonyl (C=O) groups excluding carboxylic acids is 1. The minimum Gasteiger partial charge on any atom is -0.370 e. The summed E-state index contributed by atoms with van der Waals surface area (Å²) in [5.74, 6) is -1.10. The number of aliphatic imine (C=N–C) groups is 1. The highest BCUT2D eigenvalue weighted by molar-refractivity contribution is 9.10. The van der Waals surface area contributed by atoms with Crippen molar-refractivity contribution in [3.63, 3.8) is 0 Å². The van der Waals surface area contributed by atoms with E-state index in [0.29, 0.717) is 10.0 Å². The zero-order chi connectivity index (χ0) is 13.2. The number of aryl methyl sites for hydroxylation is 1. The van der Waals surface area contributed by atoms with Crippen molar-refractivity contribution in [1.82, 2.24) is 0 Å². The third-order valence-electron chi connectivity index (χ3n) is 1.95. The maximum Gasteiger partial charge on any atom is 0.284 e. The second-order valence-corrected chi connectivity index (χ2v) is 4.07. The zero-order valence-electron chi connectivity index (χ0n) is 8.81. The van der Waals surface area contributed by atoms with E-state index in [1.807, 2.05) is 0 Å². The molecule has 0 aliphatic carbocycles. The molecule has 4 N–H and O–H groups in total. The van der Waals surface area contributed by atoms with E-state index in [1.165, 1.54) is 6.07 Å². The van der Waals surface area contributed by atoms with Crippen LogP contribution in [0.15, 0.2) is 21.6 Å². The van der Waals surface area contributed by atoms with Gasteiger partial charge in [-0.15, -0.1) is 0 Å². The summed E-state index contributed by atoms with van der Waals surface area (Å²) in [6.45, 7) is 1.63. The van der Waals surface area contributed by atoms with Crippen LogP contribution in [-0.4, -0.2) is 16.8 Å². The van der Waals surface area contributed by atoms with Gasteiger partial charge < -0.3 is 11.5 Å². The van der Waals surface area contributed by atoms with Gasteiger partial charge >= 0.3 is 0 Å². The first kappa shape index (κ1) is 13.1. The Balaban J connectivity index is 3.35. The molecule has 90 valence electrons. The third kappa shape index (κ3) is 3.00. The predicted molar refractivity (Wildman–Crippen MR) is 65.7 cm³/mol. The van der Waals surface area contributed by atoms with Crippen LogP contribution in [-0.2, 0) is 0 Å². The van der Waals surface area contributed by atoms with Crippen LogP contribution < -0.4 is 11.5 Å². The molecule has 0 saturated carbocycles. The van der Waals surface area contributed by atoms with Crippen LogP contribution in [0.3, 0.4) is 0 Å². The lowest BCUT2D eigenvalue weighted by Crippen LogP contribution is -2.24. The molecule has 0 saturated heterocycles. The summed E-state index contributed by atoms with van der Waals surface area (Å²) in [5.41, 5.74) is 10.6. The number of amides is 1. The SMILES string of the molecule is Cc1cc(Br)c([N+](=O)[O-])cc1C(=O)N=C(N)N. The molecular formula is C9H9BrN4O3. The summed E-state index contributed by atoms with van der Waals surface area (Å²) in [4.78, 5) is 25.0. The molecule has 1 rings (SSSR count). The number of hydrogen-bond donors (Lipinski definition) is 2. The molecule has 0 bridgehead atoms. The second-order valence-electron chi connectivity index (χ2n) is 3.22. The molecule has 0 aromatic heterocycles. The van der Waals surface area contributed by atoms with Crippen LogP contribution >= 0.6 is 15.9 Å². The van der Waals surface area contributed by atoms with E-state index in [9.17, 15) is 14.9 Å². The highest BCUT2D eigenvalue weighted by Crippen LogP contribution is 2.28. The van der Waals surface area contributed by atoms with E-state index in [-0.39, 0.29) is 17.2 Å². The fourth-order valence-corrected chi connectivity index (χ4v) is 1.81. The average Bonchev–Trinajstić information content (AvgIpc) is 2.15. The quantitative estimate of drug-likeness (QED) is 0.366. The summed E-state index contributed by atoms with van der Waals surface area (Å²) >= 11 is 3.04. The molecule has 0 fully saturated rings. The van der Waals surface area contributed by atoms with Gasteiger partial charge in [-0.05, 0) is 34.5 Å². The summed E-state index contributed by atoms with van der Waals surface area (Å²) < 4.78 is 0.293. The molecule has 1 aromatic rings. The lowest BCUT2D eigenvalue weighted by molar-refractivity contribution is -0.385. The van der Waals surface area contributed by atoms with Crippen molar-refractivity contribution < 1.29 is 9.72 Å². The monoisotopic (exact) mass is 300 g/mol. The van der Waals surface area contributed by atoms with Gasteiger partial charge in [-0.3, -0.25) is 14.9 Å². The first-order chi connectivity index (χ1) is 7.82. The maximum absolute atomic E-state index is 11.6. The van der Waals surface area contributed by atoms with Gasteiger partial charge in [-0.2, -0.15) is 4.99 Å². The minimum atomic E-state index is -0.710. The van der Waals surface area contributed by atoms with Gasteiger partial charge in [-0.1, -0.05) is 0 Å². The Labute approximate surface area is 105 Å². The number of rotatable bonds is 2. The number of halogens is 1. The number of guanidine groups is 1. The van der Waals surface area contributed by atoms with Crippen LogP contribution in [0.4, 0.5) is 5.69 Å². The molecule has 0 atom stereocenters. The van der Waals surface area contributed by atoms with Gasteiger partial charge in [0.25, 0.3) is 11.6 Å². The Kier molecular flexibility index (Phi) is 3.79. The fraction of sp³-hybridized carbons (Fsp3) is 0.111. The normalized spacial score (nSPS) is 9.76. The van der Waals surface area contributed by atoms with E-state index in [0.717, 1.165) is 6.07 Å². The van der Waals surface area contributed by atoms with Crippen molar-refractivity contribution >= 4 is 33.5 Å². The predicted octanol–water partition coefficient (Wildman–Crippen LogP) is 1.08. The van der Waals surface area contributed by atoms with E-state index in [2.05, 4.69) is 20.9 Å². The molecule has 0 unspecified atom stereocenters. The number of nitrogens with two attached hydrogens (primary N) is 2. The van der Waals surface area contributed by atoms with Crippen molar-refractivity contribution in [1.29, 1.82) is 0 Å². The van der Waals surface area contributed by atoms with Crippen molar-refractivity contribution in [2.75, 3.05) is 0 Å². The van der Waals surface area contributed by atoms with Gasteiger partial charge in [0, 0.05) is 6.07 Å². The Morgan fingerprint density at radius 3 is 2.53 bits per heavy atom. The molecule has 1 amide bonds. The molecule has 0 spiro atoms. The van der Waals surface area contributed by atoms with Crippen LogP contribution in [0.1, 0.15) is 15.9 Å².